The predicted molar refractivity (Wildman–Crippen MR) is 94.4 cm³/mol. The van der Waals surface area contributed by atoms with Crippen LogP contribution in [0.25, 0.3) is 6.08 Å². The van der Waals surface area contributed by atoms with Gasteiger partial charge in [0.05, 0.1) is 5.56 Å². The summed E-state index contributed by atoms with van der Waals surface area (Å²) in [4.78, 5) is 23.2. The first-order valence-electron chi connectivity index (χ1n) is 7.67. The van der Waals surface area contributed by atoms with E-state index in [4.69, 9.17) is 5.26 Å². The standard InChI is InChI=1S/C19H14F3N3O2/c1-12(26)24-16-5-7-17(8-6-16)25-18(27)14(11-23)9-13-3-2-4-15(10-13)19(20,21)22/h2-10H,1H3,(H,24,26)(H,25,27). The summed E-state index contributed by atoms with van der Waals surface area (Å²) >= 11 is 0. The van der Waals surface area contributed by atoms with E-state index >= 15 is 0 Å². The number of benzene rings is 2. The van der Waals surface area contributed by atoms with Crippen LogP contribution >= 0.6 is 0 Å². The SMILES string of the molecule is CC(=O)Nc1ccc(NC(=O)C(C#N)=Cc2cccc(C(F)(F)F)c2)cc1. The first-order chi connectivity index (χ1) is 12.7. The number of amides is 2. The van der Waals surface area contributed by atoms with Crippen LogP contribution in [0.2, 0.25) is 0 Å². The zero-order valence-corrected chi connectivity index (χ0v) is 14.1. The molecule has 2 rings (SSSR count). The van der Waals surface area contributed by atoms with Gasteiger partial charge < -0.3 is 10.6 Å². The van der Waals surface area contributed by atoms with E-state index in [1.165, 1.54) is 31.2 Å². The zero-order chi connectivity index (χ0) is 20.0. The van der Waals surface area contributed by atoms with E-state index < -0.39 is 17.6 Å². The van der Waals surface area contributed by atoms with Gasteiger partial charge in [0.1, 0.15) is 11.6 Å². The summed E-state index contributed by atoms with van der Waals surface area (Å²) in [6.07, 6.45) is -3.44. The molecule has 27 heavy (non-hydrogen) atoms. The largest absolute Gasteiger partial charge is 0.416 e. The molecular formula is C19H14F3N3O2. The molecule has 0 fully saturated rings. The Labute approximate surface area is 153 Å². The molecule has 0 unspecified atom stereocenters. The summed E-state index contributed by atoms with van der Waals surface area (Å²) in [5.74, 6) is -1.01. The van der Waals surface area contributed by atoms with Crippen molar-refractivity contribution in [2.75, 3.05) is 10.6 Å². The maximum Gasteiger partial charge on any atom is 0.416 e. The molecule has 5 nitrogen and oxygen atoms in total. The Hall–Kier alpha value is -3.60. The monoisotopic (exact) mass is 373 g/mol. The van der Waals surface area contributed by atoms with Crippen LogP contribution in [0.3, 0.4) is 0 Å². The Balaban J connectivity index is 2.17. The van der Waals surface area contributed by atoms with Crippen LogP contribution in [0.4, 0.5) is 24.5 Å². The first kappa shape index (κ1) is 19.7. The lowest BCUT2D eigenvalue weighted by molar-refractivity contribution is -0.137. The molecule has 2 amide bonds. The van der Waals surface area contributed by atoms with Gasteiger partial charge in [0, 0.05) is 18.3 Å². The van der Waals surface area contributed by atoms with Crippen molar-refractivity contribution >= 4 is 29.3 Å². The number of carbonyl (C=O) groups excluding carboxylic acids is 2. The second-order valence-corrected chi connectivity index (χ2v) is 5.51. The number of anilines is 2. The number of halogens is 3. The predicted octanol–water partition coefficient (Wildman–Crippen LogP) is 4.21. The van der Waals surface area contributed by atoms with E-state index in [9.17, 15) is 22.8 Å². The minimum atomic E-state index is -4.52. The summed E-state index contributed by atoms with van der Waals surface area (Å²) in [6.45, 7) is 1.35. The average molecular weight is 373 g/mol. The highest BCUT2D eigenvalue weighted by Crippen LogP contribution is 2.30. The van der Waals surface area contributed by atoms with Gasteiger partial charge in [-0.25, -0.2) is 0 Å². The van der Waals surface area contributed by atoms with Crippen molar-refractivity contribution in [2.45, 2.75) is 13.1 Å². The number of nitrogens with zero attached hydrogens (tertiary/aromatic N) is 1. The third kappa shape index (κ3) is 5.71. The molecular weight excluding hydrogens is 359 g/mol. The van der Waals surface area contributed by atoms with E-state index in [1.807, 2.05) is 0 Å². The van der Waals surface area contributed by atoms with Gasteiger partial charge in [-0.15, -0.1) is 0 Å². The maximum atomic E-state index is 12.8. The molecule has 0 aliphatic heterocycles. The number of hydrogen-bond acceptors (Lipinski definition) is 3. The van der Waals surface area contributed by atoms with Gasteiger partial charge in [-0.3, -0.25) is 9.59 Å². The van der Waals surface area contributed by atoms with Gasteiger partial charge in [-0.2, -0.15) is 18.4 Å². The van der Waals surface area contributed by atoms with Crippen molar-refractivity contribution in [3.63, 3.8) is 0 Å². The minimum absolute atomic E-state index is 0.0810. The van der Waals surface area contributed by atoms with Crippen LogP contribution in [-0.4, -0.2) is 11.8 Å². The molecule has 0 saturated carbocycles. The summed E-state index contributed by atoms with van der Waals surface area (Å²) in [5.41, 5.74) is -0.250. The molecule has 0 aromatic heterocycles. The fraction of sp³-hybridized carbons (Fsp3) is 0.105. The molecule has 2 aromatic carbocycles. The topological polar surface area (TPSA) is 82.0 Å². The summed E-state index contributed by atoms with van der Waals surface area (Å²) < 4.78 is 38.3. The molecule has 0 bridgehead atoms. The molecule has 2 aromatic rings. The van der Waals surface area contributed by atoms with Crippen LogP contribution in [0.1, 0.15) is 18.1 Å². The van der Waals surface area contributed by atoms with E-state index in [0.717, 1.165) is 18.2 Å². The molecule has 0 atom stereocenters. The number of carbonyl (C=O) groups is 2. The maximum absolute atomic E-state index is 12.8. The average Bonchev–Trinajstić information content (AvgIpc) is 2.60. The molecule has 138 valence electrons. The van der Waals surface area contributed by atoms with Crippen LogP contribution in [-0.2, 0) is 15.8 Å². The van der Waals surface area contributed by atoms with E-state index in [2.05, 4.69) is 10.6 Å². The van der Waals surface area contributed by atoms with Gasteiger partial charge in [0.2, 0.25) is 5.91 Å². The van der Waals surface area contributed by atoms with Crippen molar-refractivity contribution in [3.8, 4) is 6.07 Å². The van der Waals surface area contributed by atoms with Crippen molar-refractivity contribution in [1.82, 2.24) is 0 Å². The van der Waals surface area contributed by atoms with Crippen LogP contribution in [0.15, 0.2) is 54.1 Å². The summed E-state index contributed by atoms with van der Waals surface area (Å²) in [5, 5.41) is 14.2. The van der Waals surface area contributed by atoms with E-state index in [-0.39, 0.29) is 17.0 Å². The molecule has 0 saturated heterocycles. The van der Waals surface area contributed by atoms with E-state index in [0.29, 0.717) is 11.4 Å². The van der Waals surface area contributed by atoms with Crippen LogP contribution < -0.4 is 10.6 Å². The second-order valence-electron chi connectivity index (χ2n) is 5.51. The number of alkyl halides is 3. The number of rotatable bonds is 4. The molecule has 0 spiro atoms. The van der Waals surface area contributed by atoms with Crippen molar-refractivity contribution in [2.24, 2.45) is 0 Å². The number of hydrogen-bond donors (Lipinski definition) is 2. The molecule has 0 radical (unpaired) electrons. The Morgan fingerprint density at radius 3 is 2.15 bits per heavy atom. The van der Waals surface area contributed by atoms with Crippen molar-refractivity contribution in [1.29, 1.82) is 5.26 Å². The van der Waals surface area contributed by atoms with Crippen LogP contribution in [0.5, 0.6) is 0 Å². The minimum Gasteiger partial charge on any atom is -0.326 e. The third-order valence-electron chi connectivity index (χ3n) is 3.35. The van der Waals surface area contributed by atoms with Crippen molar-refractivity contribution < 1.29 is 22.8 Å². The number of nitrogens with one attached hydrogen (secondary N) is 2. The second kappa shape index (κ2) is 8.19. The van der Waals surface area contributed by atoms with Gasteiger partial charge >= 0.3 is 6.18 Å². The fourth-order valence-electron chi connectivity index (χ4n) is 2.16. The van der Waals surface area contributed by atoms with Gasteiger partial charge in [0.15, 0.2) is 0 Å². The highest BCUT2D eigenvalue weighted by atomic mass is 19.4. The smallest absolute Gasteiger partial charge is 0.326 e. The summed E-state index contributed by atoms with van der Waals surface area (Å²) in [6, 6.07) is 12.1. The Kier molecular flexibility index (Phi) is 5.98. The quantitative estimate of drug-likeness (QED) is 0.622. The van der Waals surface area contributed by atoms with Gasteiger partial charge in [0.25, 0.3) is 5.91 Å². The molecule has 8 heteroatoms. The van der Waals surface area contributed by atoms with Crippen molar-refractivity contribution in [3.05, 3.63) is 65.2 Å². The molecule has 0 aliphatic rings. The Morgan fingerprint density at radius 1 is 1.04 bits per heavy atom. The molecule has 0 aliphatic carbocycles. The first-order valence-corrected chi connectivity index (χ1v) is 7.67. The highest BCUT2D eigenvalue weighted by molar-refractivity contribution is 6.09. The normalized spacial score (nSPS) is 11.4. The highest BCUT2D eigenvalue weighted by Gasteiger charge is 2.30. The fourth-order valence-corrected chi connectivity index (χ4v) is 2.16. The third-order valence-corrected chi connectivity index (χ3v) is 3.35. The lowest BCUT2D eigenvalue weighted by Gasteiger charge is -2.08. The van der Waals surface area contributed by atoms with E-state index in [1.54, 1.807) is 18.2 Å². The molecule has 2 N–H and O–H groups in total. The lowest BCUT2D eigenvalue weighted by atomic mass is 10.1. The molecule has 0 heterocycles. The summed E-state index contributed by atoms with van der Waals surface area (Å²) in [7, 11) is 0. The number of nitriles is 1. The van der Waals surface area contributed by atoms with Crippen LogP contribution in [0, 0.1) is 11.3 Å². The Bertz CT molecular complexity index is 926. The zero-order valence-electron chi connectivity index (χ0n) is 14.1. The Morgan fingerprint density at radius 2 is 1.63 bits per heavy atom. The lowest BCUT2D eigenvalue weighted by Crippen LogP contribution is -2.13. The van der Waals surface area contributed by atoms with Gasteiger partial charge in [-0.05, 0) is 48.0 Å². The van der Waals surface area contributed by atoms with Gasteiger partial charge in [-0.1, -0.05) is 12.1 Å².